The minimum Gasteiger partial charge on any atom is -0.481 e. The molecule has 0 unspecified atom stereocenters. The number of pyridine rings is 1. The lowest BCUT2D eigenvalue weighted by molar-refractivity contribution is 0.311. The number of rotatable bonds is 5. The fourth-order valence-electron chi connectivity index (χ4n) is 1.57. The van der Waals surface area contributed by atoms with E-state index in [9.17, 15) is 0 Å². The van der Waals surface area contributed by atoms with Crippen molar-refractivity contribution in [1.82, 2.24) is 15.0 Å². The van der Waals surface area contributed by atoms with Gasteiger partial charge in [0.05, 0.1) is 13.7 Å². The molecule has 0 aliphatic heterocycles. The molecule has 0 atom stereocenters. The average molecular weight is 260 g/mol. The molecule has 2 N–H and O–H groups in total. The van der Waals surface area contributed by atoms with Crippen LogP contribution in [0.2, 0.25) is 0 Å². The highest BCUT2D eigenvalue weighted by molar-refractivity contribution is 5.57. The smallest absolute Gasteiger partial charge is 0.212 e. The Morgan fingerprint density at radius 3 is 2.74 bits per heavy atom. The Labute approximate surface area is 111 Å². The van der Waals surface area contributed by atoms with Crippen molar-refractivity contribution in [3.8, 4) is 17.3 Å². The van der Waals surface area contributed by atoms with Crippen LogP contribution in [0.3, 0.4) is 0 Å². The predicted molar refractivity (Wildman–Crippen MR) is 72.1 cm³/mol. The average Bonchev–Trinajstić information content (AvgIpc) is 2.46. The highest BCUT2D eigenvalue weighted by atomic mass is 16.5. The third kappa shape index (κ3) is 3.17. The molecular weight excluding hydrogens is 244 g/mol. The summed E-state index contributed by atoms with van der Waals surface area (Å²) in [5, 5.41) is 11.9. The van der Waals surface area contributed by atoms with Gasteiger partial charge < -0.3 is 15.2 Å². The van der Waals surface area contributed by atoms with E-state index in [-0.39, 0.29) is 6.61 Å². The first-order valence-corrected chi connectivity index (χ1v) is 5.93. The number of aryl methyl sites for hydroxylation is 1. The third-order valence-corrected chi connectivity index (χ3v) is 2.58. The van der Waals surface area contributed by atoms with E-state index in [1.807, 2.05) is 13.0 Å². The summed E-state index contributed by atoms with van der Waals surface area (Å²) in [7, 11) is 1.57. The van der Waals surface area contributed by atoms with Crippen LogP contribution in [-0.2, 0) is 0 Å². The standard InChI is InChI=1S/C13H16N4O2/c1-9-7-16-13(17-12(9)14-5-6-18)10-3-4-11(19-2)15-8-10/h3-4,7-8,18H,5-6H2,1-2H3,(H,14,16,17). The molecule has 2 heterocycles. The summed E-state index contributed by atoms with van der Waals surface area (Å²) in [5.41, 5.74) is 1.74. The number of nitrogens with zero attached hydrogens (tertiary/aromatic N) is 3. The summed E-state index contributed by atoms with van der Waals surface area (Å²) >= 11 is 0. The summed E-state index contributed by atoms with van der Waals surface area (Å²) in [6, 6.07) is 3.62. The number of aliphatic hydroxyl groups is 1. The Hall–Kier alpha value is -2.21. The molecule has 6 nitrogen and oxygen atoms in total. The van der Waals surface area contributed by atoms with Gasteiger partial charge >= 0.3 is 0 Å². The molecule has 2 aromatic heterocycles. The van der Waals surface area contributed by atoms with Crippen molar-refractivity contribution in [1.29, 1.82) is 0 Å². The Kier molecular flexibility index (Phi) is 4.25. The number of nitrogens with one attached hydrogen (secondary N) is 1. The largest absolute Gasteiger partial charge is 0.481 e. The molecule has 0 aliphatic rings. The topological polar surface area (TPSA) is 80.2 Å². The summed E-state index contributed by atoms with van der Waals surface area (Å²) in [5.74, 6) is 1.85. The van der Waals surface area contributed by atoms with Gasteiger partial charge in [-0.25, -0.2) is 15.0 Å². The SMILES string of the molecule is COc1ccc(-c2ncc(C)c(NCCO)n2)cn1. The van der Waals surface area contributed by atoms with Gasteiger partial charge in [0.25, 0.3) is 0 Å². The number of anilines is 1. The molecule has 0 saturated carbocycles. The van der Waals surface area contributed by atoms with Gasteiger partial charge in [0, 0.05) is 36.1 Å². The lowest BCUT2D eigenvalue weighted by atomic mass is 10.2. The molecule has 2 rings (SSSR count). The van der Waals surface area contributed by atoms with Crippen molar-refractivity contribution in [2.24, 2.45) is 0 Å². The van der Waals surface area contributed by atoms with Gasteiger partial charge in [-0.15, -0.1) is 0 Å². The third-order valence-electron chi connectivity index (χ3n) is 2.58. The zero-order valence-electron chi connectivity index (χ0n) is 10.9. The summed E-state index contributed by atoms with van der Waals surface area (Å²) in [6.07, 6.45) is 3.41. The zero-order chi connectivity index (χ0) is 13.7. The highest BCUT2D eigenvalue weighted by Crippen LogP contribution is 2.19. The number of hydrogen-bond acceptors (Lipinski definition) is 6. The van der Waals surface area contributed by atoms with Crippen LogP contribution >= 0.6 is 0 Å². The van der Waals surface area contributed by atoms with Crippen LogP contribution in [-0.4, -0.2) is 40.3 Å². The molecule has 6 heteroatoms. The minimum atomic E-state index is 0.0584. The van der Waals surface area contributed by atoms with Crippen LogP contribution in [0.25, 0.3) is 11.4 Å². The minimum absolute atomic E-state index is 0.0584. The van der Waals surface area contributed by atoms with E-state index in [0.717, 1.165) is 16.9 Å². The Balaban J connectivity index is 2.28. The Morgan fingerprint density at radius 1 is 1.26 bits per heavy atom. The zero-order valence-corrected chi connectivity index (χ0v) is 10.9. The summed E-state index contributed by atoms with van der Waals surface area (Å²) in [6.45, 7) is 2.43. The quantitative estimate of drug-likeness (QED) is 0.842. The van der Waals surface area contributed by atoms with Gasteiger partial charge in [-0.05, 0) is 13.0 Å². The maximum Gasteiger partial charge on any atom is 0.212 e. The molecule has 0 saturated heterocycles. The first-order valence-electron chi connectivity index (χ1n) is 5.93. The monoisotopic (exact) mass is 260 g/mol. The van der Waals surface area contributed by atoms with Crippen molar-refractivity contribution < 1.29 is 9.84 Å². The fraction of sp³-hybridized carbons (Fsp3) is 0.308. The van der Waals surface area contributed by atoms with Crippen LogP contribution in [0.4, 0.5) is 5.82 Å². The van der Waals surface area contributed by atoms with Gasteiger partial charge in [-0.1, -0.05) is 0 Å². The van der Waals surface area contributed by atoms with Crippen LogP contribution in [0, 0.1) is 6.92 Å². The number of aromatic nitrogens is 3. The second-order valence-electron chi connectivity index (χ2n) is 3.96. The van der Waals surface area contributed by atoms with E-state index in [2.05, 4.69) is 20.3 Å². The van der Waals surface area contributed by atoms with Gasteiger partial charge in [-0.2, -0.15) is 0 Å². The van der Waals surface area contributed by atoms with Crippen molar-refractivity contribution in [3.05, 3.63) is 30.1 Å². The van der Waals surface area contributed by atoms with E-state index in [0.29, 0.717) is 18.2 Å². The van der Waals surface area contributed by atoms with Gasteiger partial charge in [0.2, 0.25) is 5.88 Å². The normalized spacial score (nSPS) is 10.3. The molecule has 19 heavy (non-hydrogen) atoms. The predicted octanol–water partition coefficient (Wildman–Crippen LogP) is 1.26. The van der Waals surface area contributed by atoms with Gasteiger partial charge in [0.15, 0.2) is 5.82 Å². The molecule has 0 amide bonds. The second kappa shape index (κ2) is 6.10. The summed E-state index contributed by atoms with van der Waals surface area (Å²) < 4.78 is 5.01. The lowest BCUT2D eigenvalue weighted by Gasteiger charge is -2.08. The van der Waals surface area contributed by atoms with E-state index in [1.54, 1.807) is 25.6 Å². The van der Waals surface area contributed by atoms with Crippen molar-refractivity contribution in [2.45, 2.75) is 6.92 Å². The molecular formula is C13H16N4O2. The molecule has 0 bridgehead atoms. The van der Waals surface area contributed by atoms with Crippen LogP contribution in [0.1, 0.15) is 5.56 Å². The maximum atomic E-state index is 8.83. The van der Waals surface area contributed by atoms with Crippen LogP contribution in [0.15, 0.2) is 24.5 Å². The molecule has 0 radical (unpaired) electrons. The van der Waals surface area contributed by atoms with E-state index in [1.165, 1.54) is 0 Å². The first kappa shape index (κ1) is 13.2. The highest BCUT2D eigenvalue weighted by Gasteiger charge is 2.06. The van der Waals surface area contributed by atoms with Crippen molar-refractivity contribution in [2.75, 3.05) is 25.6 Å². The first-order chi connectivity index (χ1) is 9.24. The molecule has 0 aromatic carbocycles. The van der Waals surface area contributed by atoms with Crippen LogP contribution in [0.5, 0.6) is 5.88 Å². The number of ether oxygens (including phenoxy) is 1. The maximum absolute atomic E-state index is 8.83. The second-order valence-corrected chi connectivity index (χ2v) is 3.96. The molecule has 0 aliphatic carbocycles. The van der Waals surface area contributed by atoms with Gasteiger partial charge in [0.1, 0.15) is 5.82 Å². The fourth-order valence-corrected chi connectivity index (χ4v) is 1.57. The molecule has 0 fully saturated rings. The Bertz CT molecular complexity index is 543. The van der Waals surface area contributed by atoms with Crippen molar-refractivity contribution in [3.63, 3.8) is 0 Å². The van der Waals surface area contributed by atoms with Crippen molar-refractivity contribution >= 4 is 5.82 Å². The lowest BCUT2D eigenvalue weighted by Crippen LogP contribution is -2.09. The van der Waals surface area contributed by atoms with E-state index < -0.39 is 0 Å². The number of aliphatic hydroxyl groups excluding tert-OH is 1. The molecule has 100 valence electrons. The van der Waals surface area contributed by atoms with Crippen LogP contribution < -0.4 is 10.1 Å². The number of hydrogen-bond donors (Lipinski definition) is 2. The number of methoxy groups -OCH3 is 1. The van der Waals surface area contributed by atoms with E-state index >= 15 is 0 Å². The molecule has 2 aromatic rings. The van der Waals surface area contributed by atoms with E-state index in [4.69, 9.17) is 9.84 Å². The van der Waals surface area contributed by atoms with Gasteiger partial charge in [-0.3, -0.25) is 0 Å². The molecule has 0 spiro atoms. The summed E-state index contributed by atoms with van der Waals surface area (Å²) in [4.78, 5) is 12.8. The Morgan fingerprint density at radius 2 is 2.11 bits per heavy atom.